The summed E-state index contributed by atoms with van der Waals surface area (Å²) >= 11 is 0. The molecule has 0 spiro atoms. The molecule has 1 aromatic rings. The standard InChI is InChI=1S/C19H26N4O/c1-2-3-4-5-6-7-8-9-14-24-19-12-10-17(11-13-19)22-23-18(15-20)16-21/h10-13,22H,2-9,14H2,1H3. The number of hydrogen-bond donors (Lipinski definition) is 1. The summed E-state index contributed by atoms with van der Waals surface area (Å²) in [6.07, 6.45) is 10.3. The normalized spacial score (nSPS) is 9.62. The summed E-state index contributed by atoms with van der Waals surface area (Å²) < 4.78 is 5.71. The molecule has 1 rings (SSSR count). The monoisotopic (exact) mass is 326 g/mol. The summed E-state index contributed by atoms with van der Waals surface area (Å²) in [6, 6.07) is 10.7. The smallest absolute Gasteiger partial charge is 0.237 e. The SMILES string of the molecule is CCCCCCCCCCOc1ccc(NN=C(C#N)C#N)cc1. The van der Waals surface area contributed by atoms with Gasteiger partial charge < -0.3 is 4.74 Å². The predicted molar refractivity (Wildman–Crippen MR) is 96.8 cm³/mol. The number of hydrogen-bond acceptors (Lipinski definition) is 5. The molecular weight excluding hydrogens is 300 g/mol. The van der Waals surface area contributed by atoms with Crippen LogP contribution in [0.1, 0.15) is 58.3 Å². The molecule has 0 saturated carbocycles. The average Bonchev–Trinajstić information content (AvgIpc) is 2.62. The van der Waals surface area contributed by atoms with E-state index in [0.29, 0.717) is 5.69 Å². The van der Waals surface area contributed by atoms with Gasteiger partial charge in [0.15, 0.2) is 0 Å². The lowest BCUT2D eigenvalue weighted by atomic mass is 10.1. The quantitative estimate of drug-likeness (QED) is 0.332. The highest BCUT2D eigenvalue weighted by Gasteiger charge is 1.97. The summed E-state index contributed by atoms with van der Waals surface area (Å²) in [5.74, 6) is 0.813. The third-order valence-corrected chi connectivity index (χ3v) is 3.63. The number of ether oxygens (including phenoxy) is 1. The number of nitrogens with one attached hydrogen (secondary N) is 1. The van der Waals surface area contributed by atoms with E-state index in [1.165, 1.54) is 44.9 Å². The number of unbranched alkanes of at least 4 members (excludes halogenated alkanes) is 7. The molecule has 0 radical (unpaired) electrons. The molecule has 0 aliphatic heterocycles. The maximum atomic E-state index is 8.60. The first-order valence-electron chi connectivity index (χ1n) is 8.67. The first-order chi connectivity index (χ1) is 11.8. The van der Waals surface area contributed by atoms with Crippen molar-refractivity contribution in [2.24, 2.45) is 5.10 Å². The molecule has 0 heterocycles. The lowest BCUT2D eigenvalue weighted by molar-refractivity contribution is 0.304. The minimum absolute atomic E-state index is 0.204. The van der Waals surface area contributed by atoms with Crippen LogP contribution in [0.15, 0.2) is 29.4 Å². The fourth-order valence-corrected chi connectivity index (χ4v) is 2.25. The van der Waals surface area contributed by atoms with Crippen molar-refractivity contribution in [3.8, 4) is 17.9 Å². The van der Waals surface area contributed by atoms with Gasteiger partial charge in [-0.05, 0) is 30.7 Å². The van der Waals surface area contributed by atoms with Crippen molar-refractivity contribution in [1.29, 1.82) is 10.5 Å². The van der Waals surface area contributed by atoms with Crippen LogP contribution in [0.25, 0.3) is 0 Å². The topological polar surface area (TPSA) is 81.2 Å². The molecule has 128 valence electrons. The second-order valence-electron chi connectivity index (χ2n) is 5.64. The molecule has 0 aromatic heterocycles. The Morgan fingerprint density at radius 3 is 2.12 bits per heavy atom. The van der Waals surface area contributed by atoms with E-state index >= 15 is 0 Å². The summed E-state index contributed by atoms with van der Waals surface area (Å²) in [5, 5.41) is 20.9. The van der Waals surface area contributed by atoms with E-state index in [-0.39, 0.29) is 5.71 Å². The van der Waals surface area contributed by atoms with Crippen molar-refractivity contribution < 1.29 is 4.74 Å². The fourth-order valence-electron chi connectivity index (χ4n) is 2.25. The molecule has 0 aliphatic rings. The molecule has 0 bridgehead atoms. The number of nitriles is 2. The van der Waals surface area contributed by atoms with E-state index in [9.17, 15) is 0 Å². The van der Waals surface area contributed by atoms with Gasteiger partial charge in [-0.3, -0.25) is 5.43 Å². The molecule has 5 heteroatoms. The average molecular weight is 326 g/mol. The minimum Gasteiger partial charge on any atom is -0.494 e. The molecule has 0 amide bonds. The third-order valence-electron chi connectivity index (χ3n) is 3.63. The van der Waals surface area contributed by atoms with Gasteiger partial charge in [0.25, 0.3) is 0 Å². The van der Waals surface area contributed by atoms with Gasteiger partial charge in [-0.2, -0.15) is 15.6 Å². The summed E-state index contributed by atoms with van der Waals surface area (Å²) in [7, 11) is 0. The van der Waals surface area contributed by atoms with Crippen LogP contribution < -0.4 is 10.2 Å². The molecule has 0 saturated heterocycles. The molecule has 0 aliphatic carbocycles. The summed E-state index contributed by atoms with van der Waals surface area (Å²) in [4.78, 5) is 0. The third kappa shape index (κ3) is 8.80. The highest BCUT2D eigenvalue weighted by atomic mass is 16.5. The first-order valence-corrected chi connectivity index (χ1v) is 8.67. The molecular formula is C19H26N4O. The molecule has 0 unspecified atom stereocenters. The molecule has 24 heavy (non-hydrogen) atoms. The van der Waals surface area contributed by atoms with Crippen LogP contribution in [0.5, 0.6) is 5.75 Å². The van der Waals surface area contributed by atoms with Gasteiger partial charge in [0.2, 0.25) is 5.71 Å². The molecule has 1 N–H and O–H groups in total. The van der Waals surface area contributed by atoms with Crippen molar-refractivity contribution in [3.63, 3.8) is 0 Å². The van der Waals surface area contributed by atoms with Gasteiger partial charge in [0, 0.05) is 0 Å². The number of rotatable bonds is 12. The highest BCUT2D eigenvalue weighted by molar-refractivity contribution is 6.10. The van der Waals surface area contributed by atoms with E-state index in [4.69, 9.17) is 15.3 Å². The Labute approximate surface area is 144 Å². The number of anilines is 1. The van der Waals surface area contributed by atoms with Crippen LogP contribution in [0.3, 0.4) is 0 Å². The van der Waals surface area contributed by atoms with Crippen LogP contribution in [0, 0.1) is 22.7 Å². The number of nitrogens with zero attached hydrogens (tertiary/aromatic N) is 3. The minimum atomic E-state index is -0.204. The zero-order valence-electron chi connectivity index (χ0n) is 14.4. The van der Waals surface area contributed by atoms with E-state index in [1.807, 2.05) is 12.1 Å². The largest absolute Gasteiger partial charge is 0.494 e. The van der Waals surface area contributed by atoms with Gasteiger partial charge in [-0.15, -0.1) is 0 Å². The lowest BCUT2D eigenvalue weighted by Gasteiger charge is -2.07. The Hall–Kier alpha value is -2.53. The first kappa shape index (κ1) is 19.5. The molecule has 5 nitrogen and oxygen atoms in total. The van der Waals surface area contributed by atoms with Crippen molar-refractivity contribution in [2.45, 2.75) is 58.3 Å². The zero-order chi connectivity index (χ0) is 17.5. The summed E-state index contributed by atoms with van der Waals surface area (Å²) in [6.45, 7) is 2.97. The molecule has 1 aromatic carbocycles. The second-order valence-corrected chi connectivity index (χ2v) is 5.64. The number of benzene rings is 1. The van der Waals surface area contributed by atoms with E-state index in [1.54, 1.807) is 24.3 Å². The Morgan fingerprint density at radius 1 is 0.958 bits per heavy atom. The maximum absolute atomic E-state index is 8.60. The van der Waals surface area contributed by atoms with Gasteiger partial charge in [0.1, 0.15) is 17.9 Å². The van der Waals surface area contributed by atoms with Crippen molar-refractivity contribution >= 4 is 11.4 Å². The predicted octanol–water partition coefficient (Wildman–Crippen LogP) is 5.02. The molecule has 0 atom stereocenters. The second kappa shape index (κ2) is 13.0. The number of hydrazone groups is 1. The lowest BCUT2D eigenvalue weighted by Crippen LogP contribution is -1.98. The van der Waals surface area contributed by atoms with Crippen LogP contribution in [0.2, 0.25) is 0 Å². The van der Waals surface area contributed by atoms with Crippen molar-refractivity contribution in [2.75, 3.05) is 12.0 Å². The van der Waals surface area contributed by atoms with E-state index < -0.39 is 0 Å². The Morgan fingerprint density at radius 2 is 1.54 bits per heavy atom. The van der Waals surface area contributed by atoms with E-state index in [0.717, 1.165) is 18.8 Å². The zero-order valence-corrected chi connectivity index (χ0v) is 14.4. The van der Waals surface area contributed by atoms with Gasteiger partial charge >= 0.3 is 0 Å². The highest BCUT2D eigenvalue weighted by Crippen LogP contribution is 2.16. The van der Waals surface area contributed by atoms with Crippen LogP contribution >= 0.6 is 0 Å². The van der Waals surface area contributed by atoms with Crippen LogP contribution in [-0.4, -0.2) is 12.3 Å². The molecule has 0 fully saturated rings. The van der Waals surface area contributed by atoms with Gasteiger partial charge in [0.05, 0.1) is 12.3 Å². The van der Waals surface area contributed by atoms with Gasteiger partial charge in [-0.25, -0.2) is 0 Å². The van der Waals surface area contributed by atoms with Crippen molar-refractivity contribution in [3.05, 3.63) is 24.3 Å². The Balaban J connectivity index is 2.16. The summed E-state index contributed by atoms with van der Waals surface area (Å²) in [5.41, 5.74) is 3.17. The van der Waals surface area contributed by atoms with Crippen molar-refractivity contribution in [1.82, 2.24) is 0 Å². The Kier molecular flexibility index (Phi) is 10.5. The van der Waals surface area contributed by atoms with Crippen LogP contribution in [0.4, 0.5) is 5.69 Å². The van der Waals surface area contributed by atoms with E-state index in [2.05, 4.69) is 17.5 Å². The Bertz CT molecular complexity index is 551. The maximum Gasteiger partial charge on any atom is 0.237 e. The van der Waals surface area contributed by atoms with Crippen LogP contribution in [-0.2, 0) is 0 Å². The van der Waals surface area contributed by atoms with Gasteiger partial charge in [-0.1, -0.05) is 51.9 Å². The fraction of sp³-hybridized carbons (Fsp3) is 0.526.